The zero-order chi connectivity index (χ0) is 21.1. The zero-order valence-corrected chi connectivity index (χ0v) is 17.3. The number of nitrogens with one attached hydrogen (secondary N) is 1. The van der Waals surface area contributed by atoms with Gasteiger partial charge in [0.15, 0.2) is 0 Å². The third kappa shape index (κ3) is 3.88. The fourth-order valence-corrected chi connectivity index (χ4v) is 4.00. The second kappa shape index (κ2) is 8.34. The van der Waals surface area contributed by atoms with Gasteiger partial charge in [-0.2, -0.15) is 5.10 Å². The fourth-order valence-electron chi connectivity index (χ4n) is 3.10. The molecule has 0 saturated heterocycles. The fraction of sp³-hybridized carbons (Fsp3) is 0.0870. The molecule has 0 bridgehead atoms. The van der Waals surface area contributed by atoms with Gasteiger partial charge in [0.05, 0.1) is 23.9 Å². The van der Waals surface area contributed by atoms with Crippen molar-refractivity contribution in [3.63, 3.8) is 0 Å². The Hall–Kier alpha value is -3.71. The molecule has 0 aliphatic rings. The molecule has 6 nitrogen and oxygen atoms in total. The quantitative estimate of drug-likeness (QED) is 0.467. The number of carbonyl (C=O) groups is 2. The Bertz CT molecular complexity index is 1200. The Labute approximate surface area is 177 Å². The van der Waals surface area contributed by atoms with Crippen molar-refractivity contribution in [2.75, 3.05) is 12.4 Å². The Morgan fingerprint density at radius 3 is 2.33 bits per heavy atom. The smallest absolute Gasteiger partial charge is 0.340 e. The van der Waals surface area contributed by atoms with E-state index < -0.39 is 5.97 Å². The number of aromatic nitrogens is 2. The van der Waals surface area contributed by atoms with Crippen LogP contribution in [0.1, 0.15) is 25.6 Å². The van der Waals surface area contributed by atoms with Crippen LogP contribution in [-0.4, -0.2) is 28.8 Å². The maximum Gasteiger partial charge on any atom is 0.340 e. The normalized spacial score (nSPS) is 10.6. The molecule has 2 heterocycles. The first-order valence-corrected chi connectivity index (χ1v) is 10.1. The molecular weight excluding hydrogens is 398 g/mol. The van der Waals surface area contributed by atoms with Crippen LogP contribution in [0.4, 0.5) is 5.00 Å². The summed E-state index contributed by atoms with van der Waals surface area (Å²) in [6.45, 7) is 1.87. The van der Waals surface area contributed by atoms with Gasteiger partial charge in [-0.15, -0.1) is 11.3 Å². The van der Waals surface area contributed by atoms with E-state index >= 15 is 0 Å². The standard InChI is InChI=1S/C23H19N3O3S/c1-15-13-18(23(28)29-2)22(30-15)24-21(27)19-14-26(17-11-7-4-8-12-17)25-20(19)16-9-5-3-6-10-16/h3-14H,1-2H3,(H,24,27). The lowest BCUT2D eigenvalue weighted by Gasteiger charge is -2.05. The Balaban J connectivity index is 1.75. The van der Waals surface area contributed by atoms with Crippen LogP contribution in [0.25, 0.3) is 16.9 Å². The van der Waals surface area contributed by atoms with Gasteiger partial charge in [-0.1, -0.05) is 48.5 Å². The van der Waals surface area contributed by atoms with E-state index in [2.05, 4.69) is 10.4 Å². The van der Waals surface area contributed by atoms with Crippen LogP contribution in [-0.2, 0) is 4.74 Å². The number of ether oxygens (including phenoxy) is 1. The SMILES string of the molecule is COC(=O)c1cc(C)sc1NC(=O)c1cn(-c2ccccc2)nc1-c1ccccc1. The van der Waals surface area contributed by atoms with Crippen molar-refractivity contribution < 1.29 is 14.3 Å². The predicted molar refractivity (Wildman–Crippen MR) is 117 cm³/mol. The molecule has 4 aromatic rings. The van der Waals surface area contributed by atoms with Gasteiger partial charge in [0.2, 0.25) is 0 Å². The first-order valence-electron chi connectivity index (χ1n) is 9.27. The zero-order valence-electron chi connectivity index (χ0n) is 16.5. The molecule has 30 heavy (non-hydrogen) atoms. The molecule has 2 aromatic carbocycles. The summed E-state index contributed by atoms with van der Waals surface area (Å²) in [6, 6.07) is 20.8. The maximum atomic E-state index is 13.2. The van der Waals surface area contributed by atoms with Crippen LogP contribution < -0.4 is 5.32 Å². The van der Waals surface area contributed by atoms with E-state index in [0.29, 0.717) is 21.8 Å². The summed E-state index contributed by atoms with van der Waals surface area (Å²) in [4.78, 5) is 26.2. The number of aryl methyl sites for hydroxylation is 1. The molecule has 1 amide bonds. The maximum absolute atomic E-state index is 13.2. The summed E-state index contributed by atoms with van der Waals surface area (Å²) in [5.41, 5.74) is 2.98. The molecule has 0 aliphatic carbocycles. The van der Waals surface area contributed by atoms with Gasteiger partial charge in [0.1, 0.15) is 10.7 Å². The van der Waals surface area contributed by atoms with Gasteiger partial charge in [-0.25, -0.2) is 9.48 Å². The number of hydrogen-bond acceptors (Lipinski definition) is 5. The van der Waals surface area contributed by atoms with Crippen LogP contribution in [0.5, 0.6) is 0 Å². The molecule has 0 radical (unpaired) electrons. The van der Waals surface area contributed by atoms with Gasteiger partial charge < -0.3 is 10.1 Å². The average Bonchev–Trinajstić information content (AvgIpc) is 3.38. The van der Waals surface area contributed by atoms with Gasteiger partial charge in [-0.3, -0.25) is 4.79 Å². The van der Waals surface area contributed by atoms with Crippen molar-refractivity contribution in [3.05, 3.63) is 88.9 Å². The number of hydrogen-bond donors (Lipinski definition) is 1. The summed E-state index contributed by atoms with van der Waals surface area (Å²) >= 11 is 1.33. The lowest BCUT2D eigenvalue weighted by Crippen LogP contribution is -2.14. The number of thiophene rings is 1. The van der Waals surface area contributed by atoms with E-state index in [1.807, 2.05) is 67.6 Å². The molecule has 0 atom stereocenters. The highest BCUT2D eigenvalue weighted by atomic mass is 32.1. The minimum atomic E-state index is -0.488. The third-order valence-corrected chi connectivity index (χ3v) is 5.48. The van der Waals surface area contributed by atoms with Crippen molar-refractivity contribution in [2.45, 2.75) is 6.92 Å². The van der Waals surface area contributed by atoms with Crippen molar-refractivity contribution >= 4 is 28.2 Å². The first-order chi connectivity index (χ1) is 14.6. The highest BCUT2D eigenvalue weighted by Crippen LogP contribution is 2.30. The summed E-state index contributed by atoms with van der Waals surface area (Å²) in [5, 5.41) is 7.98. The largest absolute Gasteiger partial charge is 0.465 e. The lowest BCUT2D eigenvalue weighted by molar-refractivity contribution is 0.0602. The van der Waals surface area contributed by atoms with Crippen molar-refractivity contribution in [1.82, 2.24) is 9.78 Å². The monoisotopic (exact) mass is 417 g/mol. The second-order valence-electron chi connectivity index (χ2n) is 6.58. The van der Waals surface area contributed by atoms with Gasteiger partial charge in [0.25, 0.3) is 5.91 Å². The molecule has 150 valence electrons. The van der Waals surface area contributed by atoms with Crippen molar-refractivity contribution in [3.8, 4) is 16.9 Å². The molecule has 7 heteroatoms. The summed E-state index contributed by atoms with van der Waals surface area (Å²) < 4.78 is 6.51. The molecule has 1 N–H and O–H groups in total. The topological polar surface area (TPSA) is 73.2 Å². The second-order valence-corrected chi connectivity index (χ2v) is 7.84. The number of carbonyl (C=O) groups excluding carboxylic acids is 2. The summed E-state index contributed by atoms with van der Waals surface area (Å²) in [6.07, 6.45) is 1.70. The van der Waals surface area contributed by atoms with Crippen molar-refractivity contribution in [1.29, 1.82) is 0 Å². The molecule has 0 unspecified atom stereocenters. The van der Waals surface area contributed by atoms with Gasteiger partial charge in [0, 0.05) is 16.6 Å². The molecule has 4 rings (SSSR count). The number of amides is 1. The van der Waals surface area contributed by atoms with E-state index in [9.17, 15) is 9.59 Å². The minimum absolute atomic E-state index is 0.338. The summed E-state index contributed by atoms with van der Waals surface area (Å²) in [5.74, 6) is -0.832. The van der Waals surface area contributed by atoms with Crippen LogP contribution in [0.2, 0.25) is 0 Å². The number of para-hydroxylation sites is 1. The number of methoxy groups -OCH3 is 1. The van der Waals surface area contributed by atoms with E-state index in [-0.39, 0.29) is 5.91 Å². The molecule has 0 aliphatic heterocycles. The lowest BCUT2D eigenvalue weighted by atomic mass is 10.1. The Morgan fingerprint density at radius 2 is 1.67 bits per heavy atom. The third-order valence-electron chi connectivity index (χ3n) is 4.51. The van der Waals surface area contributed by atoms with Crippen molar-refractivity contribution in [2.24, 2.45) is 0 Å². The average molecular weight is 417 g/mol. The number of esters is 1. The molecule has 0 spiro atoms. The van der Waals surface area contributed by atoms with E-state index in [0.717, 1.165) is 16.1 Å². The van der Waals surface area contributed by atoms with Crippen LogP contribution in [0.3, 0.4) is 0 Å². The highest BCUT2D eigenvalue weighted by Gasteiger charge is 2.22. The van der Waals surface area contributed by atoms with E-state index in [1.54, 1.807) is 16.9 Å². The molecule has 0 fully saturated rings. The van der Waals surface area contributed by atoms with Crippen LogP contribution >= 0.6 is 11.3 Å². The number of benzene rings is 2. The molecular formula is C23H19N3O3S. The van der Waals surface area contributed by atoms with Crippen LogP contribution in [0.15, 0.2) is 72.9 Å². The van der Waals surface area contributed by atoms with Gasteiger partial charge >= 0.3 is 5.97 Å². The predicted octanol–water partition coefficient (Wildman–Crippen LogP) is 4.95. The molecule has 0 saturated carbocycles. The van der Waals surface area contributed by atoms with E-state index in [1.165, 1.54) is 18.4 Å². The molecule has 2 aromatic heterocycles. The number of nitrogens with zero attached hydrogens (tertiary/aromatic N) is 2. The minimum Gasteiger partial charge on any atom is -0.465 e. The van der Waals surface area contributed by atoms with Crippen LogP contribution in [0, 0.1) is 6.92 Å². The first kappa shape index (κ1) is 19.6. The number of rotatable bonds is 5. The summed E-state index contributed by atoms with van der Waals surface area (Å²) in [7, 11) is 1.32. The Kier molecular flexibility index (Phi) is 5.45. The Morgan fingerprint density at radius 1 is 1.00 bits per heavy atom. The van der Waals surface area contributed by atoms with Gasteiger partial charge in [-0.05, 0) is 25.1 Å². The number of anilines is 1. The highest BCUT2D eigenvalue weighted by molar-refractivity contribution is 7.16. The van der Waals surface area contributed by atoms with E-state index in [4.69, 9.17) is 4.74 Å².